The van der Waals surface area contributed by atoms with Crippen LogP contribution >= 0.6 is 11.3 Å². The number of rotatable bonds is 6. The number of nitrogens with one attached hydrogen (secondary N) is 2. The zero-order valence-corrected chi connectivity index (χ0v) is 12.8. The van der Waals surface area contributed by atoms with Crippen LogP contribution in [-0.4, -0.2) is 38.8 Å². The molecule has 2 atom stereocenters. The smallest absolute Gasteiger partial charge is 0.211 e. The fourth-order valence-corrected chi connectivity index (χ4v) is 4.48. The summed E-state index contributed by atoms with van der Waals surface area (Å²) in [6.45, 7) is 4.23. The van der Waals surface area contributed by atoms with E-state index >= 15 is 0 Å². The number of thiazole rings is 1. The van der Waals surface area contributed by atoms with Crippen LogP contribution < -0.4 is 10.0 Å². The molecule has 108 valence electrons. The molecule has 1 aromatic heterocycles. The Bertz CT molecular complexity index is 467. The van der Waals surface area contributed by atoms with Gasteiger partial charge in [-0.25, -0.2) is 18.1 Å². The summed E-state index contributed by atoms with van der Waals surface area (Å²) in [7, 11) is -3.18. The van der Waals surface area contributed by atoms with Crippen LogP contribution in [0.1, 0.15) is 30.7 Å². The molecule has 1 saturated heterocycles. The number of hydrogen-bond acceptors (Lipinski definition) is 5. The Kier molecular flexibility index (Phi) is 5.32. The van der Waals surface area contributed by atoms with E-state index in [1.165, 1.54) is 0 Å². The van der Waals surface area contributed by atoms with Crippen LogP contribution in [0.5, 0.6) is 0 Å². The molecule has 0 aliphatic carbocycles. The highest BCUT2D eigenvalue weighted by atomic mass is 32.2. The van der Waals surface area contributed by atoms with E-state index < -0.39 is 10.0 Å². The summed E-state index contributed by atoms with van der Waals surface area (Å²) in [4.78, 5) is 4.21. The molecule has 1 fully saturated rings. The third kappa shape index (κ3) is 4.83. The molecule has 0 spiro atoms. The van der Waals surface area contributed by atoms with Gasteiger partial charge in [-0.15, -0.1) is 11.3 Å². The van der Waals surface area contributed by atoms with Gasteiger partial charge >= 0.3 is 0 Å². The van der Waals surface area contributed by atoms with Gasteiger partial charge in [0.2, 0.25) is 10.0 Å². The first-order valence-electron chi connectivity index (χ1n) is 6.64. The van der Waals surface area contributed by atoms with Crippen LogP contribution in [0, 0.1) is 5.92 Å². The summed E-state index contributed by atoms with van der Waals surface area (Å²) >= 11 is 1.56. The molecule has 0 bridgehead atoms. The van der Waals surface area contributed by atoms with Crippen molar-refractivity contribution in [1.82, 2.24) is 15.0 Å². The molecule has 0 aromatic carbocycles. The van der Waals surface area contributed by atoms with E-state index in [0.29, 0.717) is 6.54 Å². The largest absolute Gasteiger partial charge is 0.316 e. The second kappa shape index (κ2) is 6.78. The Labute approximate surface area is 118 Å². The van der Waals surface area contributed by atoms with Gasteiger partial charge in [-0.05, 0) is 31.8 Å². The molecule has 7 heteroatoms. The summed E-state index contributed by atoms with van der Waals surface area (Å²) in [6, 6.07) is 0. The van der Waals surface area contributed by atoms with Gasteiger partial charge in [0, 0.05) is 24.0 Å². The quantitative estimate of drug-likeness (QED) is 0.827. The molecule has 1 aromatic rings. The van der Waals surface area contributed by atoms with Gasteiger partial charge in [-0.3, -0.25) is 0 Å². The minimum atomic E-state index is -3.18. The monoisotopic (exact) mass is 303 g/mol. The van der Waals surface area contributed by atoms with Gasteiger partial charge in [-0.1, -0.05) is 6.92 Å². The van der Waals surface area contributed by atoms with Crippen molar-refractivity contribution in [3.8, 4) is 0 Å². The number of sulfonamides is 1. The van der Waals surface area contributed by atoms with Crippen molar-refractivity contribution in [2.75, 3.05) is 25.4 Å². The lowest BCUT2D eigenvalue weighted by molar-refractivity contribution is 0.402. The number of aromatic nitrogens is 1. The molecule has 2 unspecified atom stereocenters. The van der Waals surface area contributed by atoms with Crippen LogP contribution in [0.4, 0.5) is 0 Å². The fraction of sp³-hybridized carbons (Fsp3) is 0.750. The number of hydrogen-bond donors (Lipinski definition) is 2. The first kappa shape index (κ1) is 14.9. The molecule has 2 N–H and O–H groups in total. The topological polar surface area (TPSA) is 71.1 Å². The van der Waals surface area contributed by atoms with Crippen LogP contribution in [0.3, 0.4) is 0 Å². The second-order valence-electron chi connectivity index (χ2n) is 5.11. The zero-order chi connectivity index (χ0) is 13.7. The SMILES string of the molecule is CC(CNS(=O)(=O)CC1CCCNC1)c1nccs1. The van der Waals surface area contributed by atoms with Crippen molar-refractivity contribution in [3.63, 3.8) is 0 Å². The predicted octanol–water partition coefficient (Wildman–Crippen LogP) is 1.17. The van der Waals surface area contributed by atoms with Crippen LogP contribution in [0.15, 0.2) is 11.6 Å². The van der Waals surface area contributed by atoms with Crippen molar-refractivity contribution in [2.24, 2.45) is 5.92 Å². The molecule has 2 rings (SSSR count). The Morgan fingerprint density at radius 2 is 2.47 bits per heavy atom. The lowest BCUT2D eigenvalue weighted by atomic mass is 10.0. The number of nitrogens with zero attached hydrogens (tertiary/aromatic N) is 1. The van der Waals surface area contributed by atoms with Crippen molar-refractivity contribution in [3.05, 3.63) is 16.6 Å². The standard InChI is InChI=1S/C12H21N3O2S2/c1-10(12-14-5-6-18-12)7-15-19(16,17)9-11-3-2-4-13-8-11/h5-6,10-11,13,15H,2-4,7-9H2,1H3. The normalized spacial score (nSPS) is 22.3. The molecule has 2 heterocycles. The van der Waals surface area contributed by atoms with Crippen molar-refractivity contribution in [2.45, 2.75) is 25.7 Å². The van der Waals surface area contributed by atoms with Gasteiger partial charge in [0.25, 0.3) is 0 Å². The Hall–Kier alpha value is -0.500. The van der Waals surface area contributed by atoms with Crippen LogP contribution in [0.25, 0.3) is 0 Å². The minimum absolute atomic E-state index is 0.124. The second-order valence-corrected chi connectivity index (χ2v) is 7.89. The van der Waals surface area contributed by atoms with Crippen LogP contribution in [-0.2, 0) is 10.0 Å². The van der Waals surface area contributed by atoms with Crippen LogP contribution in [0.2, 0.25) is 0 Å². The van der Waals surface area contributed by atoms with E-state index in [2.05, 4.69) is 15.0 Å². The molecule has 1 aliphatic heterocycles. The Balaban J connectivity index is 1.80. The summed E-state index contributed by atoms with van der Waals surface area (Å²) in [5, 5.41) is 6.13. The lowest BCUT2D eigenvalue weighted by Crippen LogP contribution is -2.38. The maximum Gasteiger partial charge on any atom is 0.211 e. The van der Waals surface area contributed by atoms with Gasteiger partial charge in [0.05, 0.1) is 10.8 Å². The summed E-state index contributed by atoms with van der Waals surface area (Å²) in [5.41, 5.74) is 0. The van der Waals surface area contributed by atoms with Crippen molar-refractivity contribution in [1.29, 1.82) is 0 Å². The first-order valence-corrected chi connectivity index (χ1v) is 9.17. The maximum atomic E-state index is 12.0. The van der Waals surface area contributed by atoms with Gasteiger partial charge in [-0.2, -0.15) is 0 Å². The molecular weight excluding hydrogens is 282 g/mol. The molecule has 1 aliphatic rings. The molecule has 5 nitrogen and oxygen atoms in total. The van der Waals surface area contributed by atoms with Crippen molar-refractivity contribution >= 4 is 21.4 Å². The summed E-state index contributed by atoms with van der Waals surface area (Å²) in [6.07, 6.45) is 3.81. The molecule has 0 amide bonds. The van der Waals surface area contributed by atoms with E-state index in [-0.39, 0.29) is 17.6 Å². The van der Waals surface area contributed by atoms with Gasteiger partial charge in [0.15, 0.2) is 0 Å². The average molecular weight is 303 g/mol. The minimum Gasteiger partial charge on any atom is -0.316 e. The number of piperidine rings is 1. The first-order chi connectivity index (χ1) is 9.07. The van der Waals surface area contributed by atoms with Crippen molar-refractivity contribution < 1.29 is 8.42 Å². The molecular formula is C12H21N3O2S2. The molecule has 0 radical (unpaired) electrons. The van der Waals surface area contributed by atoms with E-state index in [9.17, 15) is 8.42 Å². The molecule has 19 heavy (non-hydrogen) atoms. The Morgan fingerprint density at radius 1 is 1.63 bits per heavy atom. The van der Waals surface area contributed by atoms with Gasteiger partial charge < -0.3 is 5.32 Å². The van der Waals surface area contributed by atoms with E-state index in [4.69, 9.17) is 0 Å². The van der Waals surface area contributed by atoms with E-state index in [1.807, 2.05) is 12.3 Å². The fourth-order valence-electron chi connectivity index (χ4n) is 2.25. The highest BCUT2D eigenvalue weighted by Gasteiger charge is 2.21. The third-order valence-electron chi connectivity index (χ3n) is 3.34. The highest BCUT2D eigenvalue weighted by Crippen LogP contribution is 2.17. The zero-order valence-electron chi connectivity index (χ0n) is 11.1. The average Bonchev–Trinajstić information content (AvgIpc) is 2.91. The third-order valence-corrected chi connectivity index (χ3v) is 5.86. The van der Waals surface area contributed by atoms with E-state index in [0.717, 1.165) is 30.9 Å². The predicted molar refractivity (Wildman–Crippen MR) is 77.9 cm³/mol. The highest BCUT2D eigenvalue weighted by molar-refractivity contribution is 7.89. The lowest BCUT2D eigenvalue weighted by Gasteiger charge is -2.22. The summed E-state index contributed by atoms with van der Waals surface area (Å²) in [5.74, 6) is 0.589. The van der Waals surface area contributed by atoms with E-state index in [1.54, 1.807) is 17.5 Å². The maximum absolute atomic E-state index is 12.0. The summed E-state index contributed by atoms with van der Waals surface area (Å²) < 4.78 is 26.7. The Morgan fingerprint density at radius 3 is 3.11 bits per heavy atom. The molecule has 0 saturated carbocycles. The van der Waals surface area contributed by atoms with Gasteiger partial charge in [0.1, 0.15) is 0 Å².